The van der Waals surface area contributed by atoms with Crippen LogP contribution in [0.25, 0.3) is 0 Å². The van der Waals surface area contributed by atoms with Gasteiger partial charge < -0.3 is 21.3 Å². The smallest absolute Gasteiger partial charge is 0.253 e. The third-order valence-electron chi connectivity index (χ3n) is 3.36. The number of hydrogen-bond donors (Lipinski definition) is 4. The summed E-state index contributed by atoms with van der Waals surface area (Å²) in [5.74, 6) is -0.158. The fraction of sp³-hybridized carbons (Fsp3) is 0.385. The number of fused-ring (bicyclic) bond motifs is 1. The third-order valence-corrected chi connectivity index (χ3v) is 3.36. The van der Waals surface area contributed by atoms with Crippen LogP contribution >= 0.6 is 0 Å². The van der Waals surface area contributed by atoms with Crippen LogP contribution in [-0.4, -0.2) is 37.5 Å². The molecule has 0 aliphatic carbocycles. The molecule has 0 aromatic heterocycles. The van der Waals surface area contributed by atoms with Gasteiger partial charge in [-0.05, 0) is 12.1 Å². The van der Waals surface area contributed by atoms with E-state index in [0.717, 1.165) is 24.5 Å². The number of carbonyl (C=O) groups is 2. The molecule has 1 aromatic rings. The minimum atomic E-state index is -0.144. The van der Waals surface area contributed by atoms with Crippen molar-refractivity contribution in [2.75, 3.05) is 30.3 Å². The van der Waals surface area contributed by atoms with Crippen molar-refractivity contribution in [1.82, 2.24) is 10.6 Å². The lowest BCUT2D eigenvalue weighted by Crippen LogP contribution is -2.37. The van der Waals surface area contributed by atoms with E-state index < -0.39 is 0 Å². The maximum absolute atomic E-state index is 12.3. The van der Waals surface area contributed by atoms with E-state index >= 15 is 0 Å². The normalized spacial score (nSPS) is 20.8. The molecule has 100 valence electrons. The fourth-order valence-electron chi connectivity index (χ4n) is 2.43. The quantitative estimate of drug-likeness (QED) is 0.610. The molecule has 1 aromatic carbocycles. The first-order valence-corrected chi connectivity index (χ1v) is 6.42. The second-order valence-electron chi connectivity index (χ2n) is 4.76. The number of anilines is 2. The highest BCUT2D eigenvalue weighted by atomic mass is 16.2. The highest BCUT2D eigenvalue weighted by Gasteiger charge is 2.25. The Morgan fingerprint density at radius 2 is 2.05 bits per heavy atom. The lowest BCUT2D eigenvalue weighted by molar-refractivity contribution is -0.119. The maximum Gasteiger partial charge on any atom is 0.253 e. The van der Waals surface area contributed by atoms with Crippen molar-refractivity contribution in [1.29, 1.82) is 0 Å². The Labute approximate surface area is 110 Å². The SMILES string of the molecule is O=C1CC(NC(=O)c2cccc3c2NCCN3)CN1. The lowest BCUT2D eigenvalue weighted by Gasteiger charge is -2.22. The predicted molar refractivity (Wildman–Crippen MR) is 72.3 cm³/mol. The van der Waals surface area contributed by atoms with Crippen LogP contribution in [0.5, 0.6) is 0 Å². The standard InChI is InChI=1S/C13H16N4O2/c18-11-6-8(7-16-11)17-13(19)9-2-1-3-10-12(9)15-5-4-14-10/h1-3,8,14-15H,4-7H2,(H,16,18)(H,17,19). The van der Waals surface area contributed by atoms with Crippen molar-refractivity contribution in [3.63, 3.8) is 0 Å². The van der Waals surface area contributed by atoms with E-state index in [0.29, 0.717) is 18.5 Å². The summed E-state index contributed by atoms with van der Waals surface area (Å²) >= 11 is 0. The van der Waals surface area contributed by atoms with Crippen LogP contribution in [-0.2, 0) is 4.79 Å². The molecule has 2 amide bonds. The van der Waals surface area contributed by atoms with E-state index in [4.69, 9.17) is 0 Å². The minimum Gasteiger partial charge on any atom is -0.382 e. The molecule has 19 heavy (non-hydrogen) atoms. The summed E-state index contributed by atoms with van der Waals surface area (Å²) in [5.41, 5.74) is 2.40. The Morgan fingerprint density at radius 1 is 1.21 bits per heavy atom. The highest BCUT2D eigenvalue weighted by Crippen LogP contribution is 2.28. The lowest BCUT2D eigenvalue weighted by atomic mass is 10.1. The molecule has 4 N–H and O–H groups in total. The van der Waals surface area contributed by atoms with Crippen LogP contribution in [0.1, 0.15) is 16.8 Å². The molecule has 1 atom stereocenters. The Kier molecular flexibility index (Phi) is 2.98. The zero-order valence-corrected chi connectivity index (χ0v) is 10.5. The van der Waals surface area contributed by atoms with Gasteiger partial charge in [-0.15, -0.1) is 0 Å². The van der Waals surface area contributed by atoms with Crippen LogP contribution in [0, 0.1) is 0 Å². The number of hydrogen-bond acceptors (Lipinski definition) is 4. The van der Waals surface area contributed by atoms with Crippen LogP contribution < -0.4 is 21.3 Å². The average Bonchev–Trinajstić information content (AvgIpc) is 2.83. The van der Waals surface area contributed by atoms with Gasteiger partial charge in [0.15, 0.2) is 0 Å². The number of carbonyl (C=O) groups excluding carboxylic acids is 2. The fourth-order valence-corrected chi connectivity index (χ4v) is 2.43. The molecule has 0 radical (unpaired) electrons. The second kappa shape index (κ2) is 4.79. The number of amides is 2. The summed E-state index contributed by atoms with van der Waals surface area (Å²) in [5, 5.41) is 12.1. The van der Waals surface area contributed by atoms with E-state index in [1.807, 2.05) is 12.1 Å². The molecule has 2 heterocycles. The van der Waals surface area contributed by atoms with Crippen LogP contribution in [0.4, 0.5) is 11.4 Å². The number of benzene rings is 1. The van der Waals surface area contributed by atoms with Gasteiger partial charge in [0.05, 0.1) is 23.0 Å². The van der Waals surface area contributed by atoms with Crippen molar-refractivity contribution < 1.29 is 9.59 Å². The highest BCUT2D eigenvalue weighted by molar-refractivity contribution is 6.03. The molecular formula is C13H16N4O2. The Hall–Kier alpha value is -2.24. The molecular weight excluding hydrogens is 244 g/mol. The van der Waals surface area contributed by atoms with Gasteiger partial charge in [-0.25, -0.2) is 0 Å². The molecule has 0 bridgehead atoms. The number of rotatable bonds is 2. The number of nitrogens with one attached hydrogen (secondary N) is 4. The summed E-state index contributed by atoms with van der Waals surface area (Å²) in [7, 11) is 0. The zero-order chi connectivity index (χ0) is 13.2. The van der Waals surface area contributed by atoms with E-state index in [2.05, 4.69) is 21.3 Å². The van der Waals surface area contributed by atoms with Gasteiger partial charge in [0.1, 0.15) is 0 Å². The second-order valence-corrected chi connectivity index (χ2v) is 4.76. The summed E-state index contributed by atoms with van der Waals surface area (Å²) in [6.07, 6.45) is 0.354. The third kappa shape index (κ3) is 2.33. The van der Waals surface area contributed by atoms with Crippen molar-refractivity contribution in [2.24, 2.45) is 0 Å². The van der Waals surface area contributed by atoms with Gasteiger partial charge in [0.25, 0.3) is 5.91 Å². The Bertz CT molecular complexity index is 529. The zero-order valence-electron chi connectivity index (χ0n) is 10.5. The van der Waals surface area contributed by atoms with E-state index in [-0.39, 0.29) is 17.9 Å². The largest absolute Gasteiger partial charge is 0.382 e. The van der Waals surface area contributed by atoms with Crippen molar-refractivity contribution in [3.05, 3.63) is 23.8 Å². The topological polar surface area (TPSA) is 82.3 Å². The van der Waals surface area contributed by atoms with Crippen LogP contribution in [0.2, 0.25) is 0 Å². The molecule has 1 saturated heterocycles. The van der Waals surface area contributed by atoms with E-state index in [1.165, 1.54) is 0 Å². The summed E-state index contributed by atoms with van der Waals surface area (Å²) in [4.78, 5) is 23.4. The van der Waals surface area contributed by atoms with Gasteiger partial charge >= 0.3 is 0 Å². The van der Waals surface area contributed by atoms with E-state index in [9.17, 15) is 9.59 Å². The van der Waals surface area contributed by atoms with Gasteiger partial charge in [0.2, 0.25) is 5.91 Å². The van der Waals surface area contributed by atoms with Crippen molar-refractivity contribution in [2.45, 2.75) is 12.5 Å². The Balaban J connectivity index is 1.78. The Morgan fingerprint density at radius 3 is 2.84 bits per heavy atom. The minimum absolute atomic E-state index is 0.0137. The van der Waals surface area contributed by atoms with Crippen molar-refractivity contribution >= 4 is 23.2 Å². The van der Waals surface area contributed by atoms with Gasteiger partial charge in [0, 0.05) is 26.1 Å². The average molecular weight is 260 g/mol. The molecule has 6 heteroatoms. The molecule has 6 nitrogen and oxygen atoms in total. The van der Waals surface area contributed by atoms with E-state index in [1.54, 1.807) is 6.07 Å². The molecule has 2 aliphatic rings. The maximum atomic E-state index is 12.3. The molecule has 1 fully saturated rings. The van der Waals surface area contributed by atoms with Gasteiger partial charge in [-0.2, -0.15) is 0 Å². The van der Waals surface area contributed by atoms with Crippen LogP contribution in [0.15, 0.2) is 18.2 Å². The summed E-state index contributed by atoms with van der Waals surface area (Å²) in [6, 6.07) is 5.47. The first-order valence-electron chi connectivity index (χ1n) is 6.42. The number of para-hydroxylation sites is 1. The summed E-state index contributed by atoms with van der Waals surface area (Å²) < 4.78 is 0. The van der Waals surface area contributed by atoms with Gasteiger partial charge in [-0.1, -0.05) is 6.07 Å². The molecule has 3 rings (SSSR count). The monoisotopic (exact) mass is 260 g/mol. The van der Waals surface area contributed by atoms with Crippen molar-refractivity contribution in [3.8, 4) is 0 Å². The first kappa shape index (κ1) is 11.8. The molecule has 0 saturated carbocycles. The predicted octanol–water partition coefficient (Wildman–Crippen LogP) is 0.142. The molecule has 1 unspecified atom stereocenters. The molecule has 0 spiro atoms. The van der Waals surface area contributed by atoms with Gasteiger partial charge in [-0.3, -0.25) is 9.59 Å². The van der Waals surface area contributed by atoms with Crippen LogP contribution in [0.3, 0.4) is 0 Å². The summed E-state index contributed by atoms with van der Waals surface area (Å²) in [6.45, 7) is 2.14. The molecule has 2 aliphatic heterocycles. The first-order chi connectivity index (χ1) is 9.24.